The van der Waals surface area contributed by atoms with Crippen LogP contribution in [0.15, 0.2) is 0 Å². The zero-order chi connectivity index (χ0) is 8.69. The van der Waals surface area contributed by atoms with E-state index in [1.165, 1.54) is 0 Å². The Labute approximate surface area is 82.3 Å². The van der Waals surface area contributed by atoms with E-state index in [0.29, 0.717) is 12.3 Å². The second-order valence-electron chi connectivity index (χ2n) is 2.97. The van der Waals surface area contributed by atoms with Crippen molar-refractivity contribution in [3.63, 3.8) is 0 Å². The van der Waals surface area contributed by atoms with Crippen molar-refractivity contribution in [2.45, 2.75) is 26.7 Å². The summed E-state index contributed by atoms with van der Waals surface area (Å²) in [6.07, 6.45) is 1.67. The van der Waals surface area contributed by atoms with Crippen LogP contribution in [-0.2, 0) is 4.79 Å². The summed E-state index contributed by atoms with van der Waals surface area (Å²) < 4.78 is 0.991. The van der Waals surface area contributed by atoms with Gasteiger partial charge < -0.3 is 5.32 Å². The van der Waals surface area contributed by atoms with Crippen molar-refractivity contribution in [3.8, 4) is 0 Å². The van der Waals surface area contributed by atoms with Crippen molar-refractivity contribution < 1.29 is 4.79 Å². The summed E-state index contributed by atoms with van der Waals surface area (Å²) in [7, 11) is 0. The van der Waals surface area contributed by atoms with E-state index >= 15 is 0 Å². The van der Waals surface area contributed by atoms with E-state index in [1.807, 2.05) is 0 Å². The third-order valence-corrected chi connectivity index (χ3v) is 1.90. The van der Waals surface area contributed by atoms with Gasteiger partial charge in [0, 0.05) is 17.4 Å². The van der Waals surface area contributed by atoms with E-state index in [0.717, 1.165) is 17.4 Å². The highest BCUT2D eigenvalue weighted by molar-refractivity contribution is 14.1. The van der Waals surface area contributed by atoms with Crippen LogP contribution < -0.4 is 5.32 Å². The van der Waals surface area contributed by atoms with Gasteiger partial charge in [-0.2, -0.15) is 0 Å². The highest BCUT2D eigenvalue weighted by Gasteiger charge is 2.01. The molecule has 0 bridgehead atoms. The minimum atomic E-state index is 0.190. The SMILES string of the molecule is CC(C)CCC(=O)NCCI. The Morgan fingerprint density at radius 3 is 2.64 bits per heavy atom. The Balaban J connectivity index is 3.23. The fourth-order valence-corrected chi connectivity index (χ4v) is 0.965. The van der Waals surface area contributed by atoms with Crippen LogP contribution in [0, 0.1) is 5.92 Å². The van der Waals surface area contributed by atoms with Gasteiger partial charge in [0.1, 0.15) is 0 Å². The minimum absolute atomic E-state index is 0.190. The summed E-state index contributed by atoms with van der Waals surface area (Å²) in [5.74, 6) is 0.815. The zero-order valence-corrected chi connectivity index (χ0v) is 9.35. The molecule has 0 heterocycles. The average molecular weight is 269 g/mol. The molecule has 0 aliphatic heterocycles. The van der Waals surface area contributed by atoms with E-state index in [1.54, 1.807) is 0 Å². The Kier molecular flexibility index (Phi) is 7.01. The molecule has 66 valence electrons. The largest absolute Gasteiger partial charge is 0.355 e. The van der Waals surface area contributed by atoms with Gasteiger partial charge in [0.25, 0.3) is 0 Å². The summed E-state index contributed by atoms with van der Waals surface area (Å²) in [4.78, 5) is 11.0. The summed E-state index contributed by atoms with van der Waals surface area (Å²) in [5, 5.41) is 2.84. The van der Waals surface area contributed by atoms with Crippen LogP contribution in [0.5, 0.6) is 0 Å². The van der Waals surface area contributed by atoms with Crippen molar-refractivity contribution in [2.24, 2.45) is 5.92 Å². The van der Waals surface area contributed by atoms with Gasteiger partial charge in [-0.05, 0) is 12.3 Å². The molecule has 1 amide bonds. The maximum Gasteiger partial charge on any atom is 0.220 e. The molecule has 0 spiro atoms. The molecule has 11 heavy (non-hydrogen) atoms. The number of amides is 1. The first-order chi connectivity index (χ1) is 5.16. The highest BCUT2D eigenvalue weighted by Crippen LogP contribution is 2.02. The number of rotatable bonds is 5. The lowest BCUT2D eigenvalue weighted by atomic mass is 10.1. The molecule has 0 aromatic rings. The van der Waals surface area contributed by atoms with Gasteiger partial charge in [-0.15, -0.1) is 0 Å². The van der Waals surface area contributed by atoms with Crippen molar-refractivity contribution in [1.82, 2.24) is 5.32 Å². The number of carbonyl (C=O) groups excluding carboxylic acids is 1. The smallest absolute Gasteiger partial charge is 0.220 e. The lowest BCUT2D eigenvalue weighted by molar-refractivity contribution is -0.121. The van der Waals surface area contributed by atoms with Gasteiger partial charge in [0.2, 0.25) is 5.91 Å². The number of hydrogen-bond acceptors (Lipinski definition) is 1. The van der Waals surface area contributed by atoms with Crippen molar-refractivity contribution in [3.05, 3.63) is 0 Å². The maximum atomic E-state index is 11.0. The van der Waals surface area contributed by atoms with Crippen LogP contribution in [0.2, 0.25) is 0 Å². The van der Waals surface area contributed by atoms with E-state index in [4.69, 9.17) is 0 Å². The van der Waals surface area contributed by atoms with E-state index in [9.17, 15) is 4.79 Å². The predicted molar refractivity (Wildman–Crippen MR) is 56.0 cm³/mol. The Hall–Kier alpha value is 0.200. The van der Waals surface area contributed by atoms with Gasteiger partial charge in [-0.3, -0.25) is 4.79 Å². The second-order valence-corrected chi connectivity index (χ2v) is 4.05. The molecule has 0 unspecified atom stereocenters. The van der Waals surface area contributed by atoms with Crippen LogP contribution in [-0.4, -0.2) is 16.9 Å². The number of carbonyl (C=O) groups is 1. The van der Waals surface area contributed by atoms with E-state index in [2.05, 4.69) is 41.8 Å². The van der Waals surface area contributed by atoms with Gasteiger partial charge in [0.15, 0.2) is 0 Å². The van der Waals surface area contributed by atoms with E-state index in [-0.39, 0.29) is 5.91 Å². The molecule has 0 radical (unpaired) electrons. The molecule has 0 atom stereocenters. The Morgan fingerprint density at radius 1 is 1.55 bits per heavy atom. The summed E-state index contributed by atoms with van der Waals surface area (Å²) >= 11 is 2.25. The van der Waals surface area contributed by atoms with Gasteiger partial charge in [-0.1, -0.05) is 36.4 Å². The first-order valence-electron chi connectivity index (χ1n) is 3.99. The fourth-order valence-electron chi connectivity index (χ4n) is 0.695. The topological polar surface area (TPSA) is 29.1 Å². The van der Waals surface area contributed by atoms with Gasteiger partial charge in [0.05, 0.1) is 0 Å². The molecule has 0 aliphatic carbocycles. The van der Waals surface area contributed by atoms with Crippen molar-refractivity contribution in [1.29, 1.82) is 0 Å². The molecule has 0 rings (SSSR count). The number of alkyl halides is 1. The van der Waals surface area contributed by atoms with E-state index < -0.39 is 0 Å². The van der Waals surface area contributed by atoms with Crippen molar-refractivity contribution in [2.75, 3.05) is 11.0 Å². The summed E-state index contributed by atoms with van der Waals surface area (Å²) in [5.41, 5.74) is 0. The molecular formula is C8H16INO. The average Bonchev–Trinajstić information content (AvgIpc) is 1.97. The minimum Gasteiger partial charge on any atom is -0.355 e. The zero-order valence-electron chi connectivity index (χ0n) is 7.19. The van der Waals surface area contributed by atoms with Gasteiger partial charge >= 0.3 is 0 Å². The normalized spacial score (nSPS) is 10.2. The first-order valence-corrected chi connectivity index (χ1v) is 5.52. The standard InChI is InChI=1S/C8H16INO/c1-7(2)3-4-8(11)10-6-5-9/h7H,3-6H2,1-2H3,(H,10,11). The van der Waals surface area contributed by atoms with Crippen LogP contribution in [0.1, 0.15) is 26.7 Å². The lowest BCUT2D eigenvalue weighted by Gasteiger charge is -2.04. The molecular weight excluding hydrogens is 253 g/mol. The maximum absolute atomic E-state index is 11.0. The number of halogens is 1. The fraction of sp³-hybridized carbons (Fsp3) is 0.875. The third kappa shape index (κ3) is 8.10. The second kappa shape index (κ2) is 6.88. The quantitative estimate of drug-likeness (QED) is 0.600. The van der Waals surface area contributed by atoms with Crippen LogP contribution in [0.3, 0.4) is 0 Å². The van der Waals surface area contributed by atoms with Crippen molar-refractivity contribution >= 4 is 28.5 Å². The molecule has 0 saturated carbocycles. The van der Waals surface area contributed by atoms with Crippen LogP contribution in [0.25, 0.3) is 0 Å². The molecule has 1 N–H and O–H groups in total. The Morgan fingerprint density at radius 2 is 2.18 bits per heavy atom. The van der Waals surface area contributed by atoms with Crippen LogP contribution in [0.4, 0.5) is 0 Å². The Bertz CT molecular complexity index is 115. The predicted octanol–water partition coefficient (Wildman–Crippen LogP) is 1.97. The molecule has 2 nitrogen and oxygen atoms in total. The molecule has 0 aromatic carbocycles. The number of nitrogens with one attached hydrogen (secondary N) is 1. The molecule has 0 aliphatic rings. The molecule has 0 saturated heterocycles. The summed E-state index contributed by atoms with van der Waals surface area (Å²) in [6, 6.07) is 0. The van der Waals surface area contributed by atoms with Crippen LogP contribution >= 0.6 is 22.6 Å². The monoisotopic (exact) mass is 269 g/mol. The highest BCUT2D eigenvalue weighted by atomic mass is 127. The van der Waals surface area contributed by atoms with Gasteiger partial charge in [-0.25, -0.2) is 0 Å². The summed E-state index contributed by atoms with van der Waals surface area (Å²) in [6.45, 7) is 5.06. The number of hydrogen-bond donors (Lipinski definition) is 1. The first kappa shape index (κ1) is 11.2. The molecule has 0 fully saturated rings. The molecule has 3 heteroatoms. The third-order valence-electron chi connectivity index (χ3n) is 1.37. The molecule has 0 aromatic heterocycles. The lowest BCUT2D eigenvalue weighted by Crippen LogP contribution is -2.25.